The number of hydrogen-bond donors (Lipinski definition) is 1. The first kappa shape index (κ1) is 11.5. The second kappa shape index (κ2) is 4.94. The van der Waals surface area contributed by atoms with Crippen molar-refractivity contribution in [1.29, 1.82) is 0 Å². The van der Waals surface area contributed by atoms with Crippen LogP contribution in [-0.2, 0) is 4.74 Å². The van der Waals surface area contributed by atoms with Gasteiger partial charge in [0.1, 0.15) is 0 Å². The molecular formula is C15H18N2O. The van der Waals surface area contributed by atoms with Crippen molar-refractivity contribution < 1.29 is 4.74 Å². The van der Waals surface area contributed by atoms with Crippen molar-refractivity contribution in [3.63, 3.8) is 0 Å². The molecule has 2 aromatic rings. The van der Waals surface area contributed by atoms with E-state index in [9.17, 15) is 0 Å². The summed E-state index contributed by atoms with van der Waals surface area (Å²) in [6.07, 6.45) is 4.56. The molecule has 1 aliphatic heterocycles. The van der Waals surface area contributed by atoms with Crippen LogP contribution in [0.5, 0.6) is 0 Å². The van der Waals surface area contributed by atoms with Crippen LogP contribution >= 0.6 is 0 Å². The van der Waals surface area contributed by atoms with Crippen molar-refractivity contribution in [3.05, 3.63) is 36.0 Å². The third-order valence-corrected chi connectivity index (χ3v) is 3.44. The Morgan fingerprint density at radius 1 is 1.39 bits per heavy atom. The number of nitrogens with one attached hydrogen (secondary N) is 1. The van der Waals surface area contributed by atoms with Gasteiger partial charge in [0.15, 0.2) is 0 Å². The number of nitrogens with zero attached hydrogens (tertiary/aromatic N) is 1. The van der Waals surface area contributed by atoms with Gasteiger partial charge in [-0.2, -0.15) is 0 Å². The van der Waals surface area contributed by atoms with Gasteiger partial charge in [-0.1, -0.05) is 11.6 Å². The average molecular weight is 242 g/mol. The first-order valence-electron chi connectivity index (χ1n) is 6.54. The van der Waals surface area contributed by atoms with E-state index in [-0.39, 0.29) is 0 Å². The van der Waals surface area contributed by atoms with Crippen LogP contribution in [0.2, 0.25) is 0 Å². The zero-order valence-corrected chi connectivity index (χ0v) is 10.6. The maximum absolute atomic E-state index is 5.63. The number of ether oxygens (including phenoxy) is 1. The van der Waals surface area contributed by atoms with Crippen molar-refractivity contribution >= 4 is 16.6 Å². The van der Waals surface area contributed by atoms with E-state index in [4.69, 9.17) is 4.74 Å². The minimum absolute atomic E-state index is 0.359. The number of aromatic nitrogens is 1. The largest absolute Gasteiger partial charge is 0.382 e. The van der Waals surface area contributed by atoms with Crippen LogP contribution in [0.15, 0.2) is 30.5 Å². The molecule has 1 saturated heterocycles. The van der Waals surface area contributed by atoms with Gasteiger partial charge in [0.05, 0.1) is 11.6 Å². The summed E-state index contributed by atoms with van der Waals surface area (Å²) in [6.45, 7) is 3.89. The zero-order chi connectivity index (χ0) is 12.4. The van der Waals surface area contributed by atoms with Gasteiger partial charge >= 0.3 is 0 Å². The molecule has 1 atom stereocenters. The Balaban J connectivity index is 1.84. The van der Waals surface area contributed by atoms with Gasteiger partial charge in [-0.15, -0.1) is 0 Å². The number of rotatable bonds is 3. The second-order valence-corrected chi connectivity index (χ2v) is 4.90. The first-order valence-corrected chi connectivity index (χ1v) is 6.54. The fourth-order valence-electron chi connectivity index (χ4n) is 2.44. The molecule has 94 valence electrons. The molecule has 1 aromatic heterocycles. The van der Waals surface area contributed by atoms with Crippen molar-refractivity contribution in [2.45, 2.75) is 25.9 Å². The van der Waals surface area contributed by atoms with E-state index in [0.29, 0.717) is 6.10 Å². The van der Waals surface area contributed by atoms with E-state index < -0.39 is 0 Å². The lowest BCUT2D eigenvalue weighted by atomic mass is 10.1. The topological polar surface area (TPSA) is 34.2 Å². The van der Waals surface area contributed by atoms with Crippen LogP contribution in [0.1, 0.15) is 18.4 Å². The monoisotopic (exact) mass is 242 g/mol. The lowest BCUT2D eigenvalue weighted by Crippen LogP contribution is -2.18. The number of anilines is 1. The molecule has 3 nitrogen and oxygen atoms in total. The lowest BCUT2D eigenvalue weighted by molar-refractivity contribution is 0.120. The molecule has 3 rings (SSSR count). The number of aryl methyl sites for hydroxylation is 1. The van der Waals surface area contributed by atoms with Crippen LogP contribution in [-0.4, -0.2) is 24.2 Å². The molecule has 0 spiro atoms. The summed E-state index contributed by atoms with van der Waals surface area (Å²) in [5.41, 5.74) is 3.45. The highest BCUT2D eigenvalue weighted by Crippen LogP contribution is 2.23. The van der Waals surface area contributed by atoms with E-state index in [1.807, 2.05) is 12.3 Å². The highest BCUT2D eigenvalue weighted by atomic mass is 16.5. The molecule has 1 fully saturated rings. The van der Waals surface area contributed by atoms with Gasteiger partial charge in [-0.25, -0.2) is 0 Å². The van der Waals surface area contributed by atoms with Crippen LogP contribution in [0.4, 0.5) is 5.69 Å². The summed E-state index contributed by atoms with van der Waals surface area (Å²) in [4.78, 5) is 4.39. The summed E-state index contributed by atoms with van der Waals surface area (Å²) in [6, 6.07) is 8.39. The number of hydrogen-bond acceptors (Lipinski definition) is 3. The molecular weight excluding hydrogens is 224 g/mol. The zero-order valence-electron chi connectivity index (χ0n) is 10.6. The average Bonchev–Trinajstić information content (AvgIpc) is 2.89. The van der Waals surface area contributed by atoms with Crippen molar-refractivity contribution in [2.75, 3.05) is 18.5 Å². The minimum atomic E-state index is 0.359. The standard InChI is InChI=1S/C15H18N2O/c1-11-4-5-14-13(9-11)15(6-7-16-14)17-10-12-3-2-8-18-12/h4-7,9,12H,2-3,8,10H2,1H3,(H,16,17). The van der Waals surface area contributed by atoms with Crippen molar-refractivity contribution in [3.8, 4) is 0 Å². The van der Waals surface area contributed by atoms with Gasteiger partial charge in [0.25, 0.3) is 0 Å². The third-order valence-electron chi connectivity index (χ3n) is 3.44. The Labute approximate surface area is 107 Å². The van der Waals surface area contributed by atoms with Crippen LogP contribution in [0.25, 0.3) is 10.9 Å². The molecule has 0 radical (unpaired) electrons. The fraction of sp³-hybridized carbons (Fsp3) is 0.400. The summed E-state index contributed by atoms with van der Waals surface area (Å²) in [5, 5.41) is 4.68. The predicted molar refractivity (Wildman–Crippen MR) is 73.9 cm³/mol. The van der Waals surface area contributed by atoms with E-state index in [0.717, 1.165) is 30.8 Å². The Morgan fingerprint density at radius 3 is 3.17 bits per heavy atom. The summed E-state index contributed by atoms with van der Waals surface area (Å²) < 4.78 is 5.63. The molecule has 0 saturated carbocycles. The van der Waals surface area contributed by atoms with Gasteiger partial charge in [-0.3, -0.25) is 4.98 Å². The lowest BCUT2D eigenvalue weighted by Gasteiger charge is -2.13. The van der Waals surface area contributed by atoms with E-state index in [2.05, 4.69) is 35.4 Å². The maximum Gasteiger partial charge on any atom is 0.0748 e. The quantitative estimate of drug-likeness (QED) is 0.897. The van der Waals surface area contributed by atoms with Gasteiger partial charge < -0.3 is 10.1 Å². The van der Waals surface area contributed by atoms with Crippen LogP contribution in [0, 0.1) is 6.92 Å². The summed E-state index contributed by atoms with van der Waals surface area (Å²) >= 11 is 0. The normalized spacial score (nSPS) is 19.3. The highest BCUT2D eigenvalue weighted by Gasteiger charge is 2.15. The number of fused-ring (bicyclic) bond motifs is 1. The smallest absolute Gasteiger partial charge is 0.0748 e. The molecule has 3 heteroatoms. The molecule has 18 heavy (non-hydrogen) atoms. The van der Waals surface area contributed by atoms with Crippen LogP contribution in [0.3, 0.4) is 0 Å². The van der Waals surface area contributed by atoms with E-state index >= 15 is 0 Å². The molecule has 1 aliphatic rings. The molecule has 1 unspecified atom stereocenters. The SMILES string of the molecule is Cc1ccc2nccc(NCC3CCCO3)c2c1. The Kier molecular flexibility index (Phi) is 3.15. The Morgan fingerprint density at radius 2 is 2.33 bits per heavy atom. The van der Waals surface area contributed by atoms with Gasteiger partial charge in [0, 0.05) is 30.4 Å². The predicted octanol–water partition coefficient (Wildman–Crippen LogP) is 3.13. The fourth-order valence-corrected chi connectivity index (χ4v) is 2.44. The third kappa shape index (κ3) is 2.31. The highest BCUT2D eigenvalue weighted by molar-refractivity contribution is 5.91. The van der Waals surface area contributed by atoms with E-state index in [1.54, 1.807) is 0 Å². The summed E-state index contributed by atoms with van der Waals surface area (Å²) in [5.74, 6) is 0. The Bertz CT molecular complexity index is 547. The molecule has 0 amide bonds. The number of benzene rings is 1. The number of pyridine rings is 1. The van der Waals surface area contributed by atoms with Crippen molar-refractivity contribution in [1.82, 2.24) is 4.98 Å². The van der Waals surface area contributed by atoms with E-state index in [1.165, 1.54) is 17.4 Å². The maximum atomic E-state index is 5.63. The molecule has 0 bridgehead atoms. The van der Waals surface area contributed by atoms with Crippen molar-refractivity contribution in [2.24, 2.45) is 0 Å². The molecule has 1 N–H and O–H groups in total. The van der Waals surface area contributed by atoms with Gasteiger partial charge in [-0.05, 0) is 38.0 Å². The minimum Gasteiger partial charge on any atom is -0.382 e. The molecule has 1 aromatic carbocycles. The second-order valence-electron chi connectivity index (χ2n) is 4.90. The van der Waals surface area contributed by atoms with Crippen LogP contribution < -0.4 is 5.32 Å². The van der Waals surface area contributed by atoms with Gasteiger partial charge in [0.2, 0.25) is 0 Å². The Hall–Kier alpha value is -1.61. The first-order chi connectivity index (χ1) is 8.83. The summed E-state index contributed by atoms with van der Waals surface area (Å²) in [7, 11) is 0. The molecule has 2 heterocycles. The molecule has 0 aliphatic carbocycles.